The van der Waals surface area contributed by atoms with E-state index < -0.39 is 21.7 Å². The van der Waals surface area contributed by atoms with Crippen LogP contribution in [0.3, 0.4) is 0 Å². The number of nitrogens with zero attached hydrogens (tertiary/aromatic N) is 2. The molecule has 136 valence electrons. The van der Waals surface area contributed by atoms with Crippen LogP contribution in [-0.2, 0) is 14.8 Å². The van der Waals surface area contributed by atoms with Gasteiger partial charge in [-0.25, -0.2) is 17.2 Å². The number of amides is 1. The number of piperazine rings is 1. The fraction of sp³-hybridized carbons (Fsp3) is 0.471. The molecule has 0 aromatic heterocycles. The first-order chi connectivity index (χ1) is 11.9. The summed E-state index contributed by atoms with van der Waals surface area (Å²) >= 11 is 0. The second-order valence-electron chi connectivity index (χ2n) is 6.33. The van der Waals surface area contributed by atoms with Crippen LogP contribution < -0.4 is 0 Å². The average Bonchev–Trinajstić information content (AvgIpc) is 3.10. The number of allylic oxidation sites excluding steroid dienone is 2. The molecule has 1 aromatic rings. The van der Waals surface area contributed by atoms with Crippen molar-refractivity contribution in [2.75, 3.05) is 26.2 Å². The molecule has 25 heavy (non-hydrogen) atoms. The molecule has 5 nitrogen and oxygen atoms in total. The average molecular weight is 370 g/mol. The summed E-state index contributed by atoms with van der Waals surface area (Å²) in [7, 11) is -3.90. The summed E-state index contributed by atoms with van der Waals surface area (Å²) in [5, 5.41) is 0. The lowest BCUT2D eigenvalue weighted by molar-refractivity contribution is -0.133. The van der Waals surface area contributed by atoms with E-state index in [1.165, 1.54) is 4.31 Å². The summed E-state index contributed by atoms with van der Waals surface area (Å²) in [5.41, 5.74) is 0. The highest BCUT2D eigenvalue weighted by Crippen LogP contribution is 2.23. The molecule has 0 bridgehead atoms. The van der Waals surface area contributed by atoms with E-state index in [0.717, 1.165) is 25.0 Å². The molecule has 2 aliphatic rings. The minimum absolute atomic E-state index is 0.0291. The summed E-state index contributed by atoms with van der Waals surface area (Å²) in [6.07, 6.45) is 6.56. The largest absolute Gasteiger partial charge is 0.340 e. The number of sulfonamides is 1. The number of carbonyl (C=O) groups is 1. The zero-order valence-corrected chi connectivity index (χ0v) is 14.5. The predicted octanol–water partition coefficient (Wildman–Crippen LogP) is 2.15. The van der Waals surface area contributed by atoms with Gasteiger partial charge in [0.25, 0.3) is 0 Å². The van der Waals surface area contributed by atoms with E-state index in [1.807, 2.05) is 0 Å². The zero-order chi connectivity index (χ0) is 18.0. The van der Waals surface area contributed by atoms with Gasteiger partial charge in [-0.1, -0.05) is 12.2 Å². The van der Waals surface area contributed by atoms with E-state index in [1.54, 1.807) is 4.90 Å². The van der Waals surface area contributed by atoms with Gasteiger partial charge in [0.1, 0.15) is 0 Å². The maximum atomic E-state index is 13.3. The molecule has 1 aliphatic carbocycles. The number of hydrogen-bond acceptors (Lipinski definition) is 3. The van der Waals surface area contributed by atoms with Gasteiger partial charge in [-0.15, -0.1) is 0 Å². The van der Waals surface area contributed by atoms with Crippen LogP contribution in [0.5, 0.6) is 0 Å². The molecule has 0 radical (unpaired) electrons. The quantitative estimate of drug-likeness (QED) is 0.763. The van der Waals surface area contributed by atoms with Gasteiger partial charge >= 0.3 is 0 Å². The monoisotopic (exact) mass is 370 g/mol. The smallest absolute Gasteiger partial charge is 0.243 e. The minimum Gasteiger partial charge on any atom is -0.340 e. The summed E-state index contributed by atoms with van der Waals surface area (Å²) in [5.74, 6) is -1.98. The molecule has 1 aromatic carbocycles. The molecule has 0 spiro atoms. The molecule has 1 saturated heterocycles. The van der Waals surface area contributed by atoms with Gasteiger partial charge in [0, 0.05) is 32.6 Å². The van der Waals surface area contributed by atoms with E-state index in [9.17, 15) is 22.0 Å². The third-order valence-corrected chi connectivity index (χ3v) is 6.56. The van der Waals surface area contributed by atoms with Crippen LogP contribution in [0.2, 0.25) is 0 Å². The first-order valence-electron chi connectivity index (χ1n) is 8.27. The molecular weight excluding hydrogens is 350 g/mol. The number of carbonyl (C=O) groups excluding carboxylic acids is 1. The van der Waals surface area contributed by atoms with Crippen LogP contribution in [0.4, 0.5) is 8.78 Å². The van der Waals surface area contributed by atoms with E-state index in [-0.39, 0.29) is 29.8 Å². The first kappa shape index (κ1) is 18.0. The van der Waals surface area contributed by atoms with Crippen molar-refractivity contribution in [3.05, 3.63) is 42.0 Å². The summed E-state index contributed by atoms with van der Waals surface area (Å²) < 4.78 is 52.6. The second-order valence-corrected chi connectivity index (χ2v) is 8.27. The Bertz CT molecular complexity index is 787. The van der Waals surface area contributed by atoms with Crippen LogP contribution in [-0.4, -0.2) is 49.7 Å². The van der Waals surface area contributed by atoms with E-state index >= 15 is 0 Å². The Kier molecular flexibility index (Phi) is 5.19. The molecule has 0 N–H and O–H groups in total. The van der Waals surface area contributed by atoms with Gasteiger partial charge in [0.2, 0.25) is 15.9 Å². The third kappa shape index (κ3) is 3.90. The van der Waals surface area contributed by atoms with Gasteiger partial charge in [0.05, 0.1) is 4.90 Å². The Balaban J connectivity index is 1.61. The number of hydrogen-bond donors (Lipinski definition) is 0. The van der Waals surface area contributed by atoms with E-state index in [2.05, 4.69) is 12.2 Å². The highest BCUT2D eigenvalue weighted by atomic mass is 32.2. The third-order valence-electron chi connectivity index (χ3n) is 4.67. The van der Waals surface area contributed by atoms with Crippen molar-refractivity contribution in [1.82, 2.24) is 9.21 Å². The molecule has 1 atom stereocenters. The molecule has 0 saturated carbocycles. The lowest BCUT2D eigenvalue weighted by Crippen LogP contribution is -2.50. The molecule has 1 unspecified atom stereocenters. The Hall–Kier alpha value is -1.80. The topological polar surface area (TPSA) is 57.7 Å². The number of rotatable bonds is 4. The van der Waals surface area contributed by atoms with Crippen LogP contribution in [0.15, 0.2) is 35.2 Å². The maximum Gasteiger partial charge on any atom is 0.243 e. The maximum absolute atomic E-state index is 13.3. The van der Waals surface area contributed by atoms with E-state index in [4.69, 9.17) is 0 Å². The highest BCUT2D eigenvalue weighted by Gasteiger charge is 2.31. The Labute approximate surface area is 146 Å². The zero-order valence-electron chi connectivity index (χ0n) is 13.7. The van der Waals surface area contributed by atoms with Gasteiger partial charge in [0.15, 0.2) is 11.6 Å². The van der Waals surface area contributed by atoms with Crippen molar-refractivity contribution >= 4 is 15.9 Å². The minimum atomic E-state index is -3.90. The fourth-order valence-corrected chi connectivity index (χ4v) is 4.62. The summed E-state index contributed by atoms with van der Waals surface area (Å²) in [6, 6.07) is 2.55. The Morgan fingerprint density at radius 2 is 1.84 bits per heavy atom. The van der Waals surface area contributed by atoms with E-state index in [0.29, 0.717) is 25.6 Å². The van der Waals surface area contributed by atoms with Crippen LogP contribution in [0.1, 0.15) is 19.3 Å². The summed E-state index contributed by atoms with van der Waals surface area (Å²) in [6.45, 7) is 0.900. The Morgan fingerprint density at radius 3 is 2.44 bits per heavy atom. The molecule has 1 heterocycles. The molecule has 1 amide bonds. The molecule has 8 heteroatoms. The first-order valence-corrected chi connectivity index (χ1v) is 9.71. The number of benzene rings is 1. The van der Waals surface area contributed by atoms with Crippen LogP contribution >= 0.6 is 0 Å². The summed E-state index contributed by atoms with van der Waals surface area (Å²) in [4.78, 5) is 13.7. The van der Waals surface area contributed by atoms with Crippen LogP contribution in [0, 0.1) is 17.6 Å². The van der Waals surface area contributed by atoms with Crippen molar-refractivity contribution in [2.45, 2.75) is 24.2 Å². The lowest BCUT2D eigenvalue weighted by Gasteiger charge is -2.34. The highest BCUT2D eigenvalue weighted by molar-refractivity contribution is 7.89. The van der Waals surface area contributed by atoms with Gasteiger partial charge in [-0.2, -0.15) is 4.31 Å². The van der Waals surface area contributed by atoms with Crippen molar-refractivity contribution in [3.63, 3.8) is 0 Å². The standard InChI is InChI=1S/C17H20F2N2O3S/c18-15-6-5-14(12-16(15)19)25(23,24)21-9-7-20(8-10-21)17(22)11-13-3-1-2-4-13/h1,3,5-6,12-13H,2,4,7-11H2. The fourth-order valence-electron chi connectivity index (χ4n) is 3.18. The van der Waals surface area contributed by atoms with Crippen molar-refractivity contribution in [2.24, 2.45) is 5.92 Å². The lowest BCUT2D eigenvalue weighted by atomic mass is 10.0. The molecule has 1 fully saturated rings. The second kappa shape index (κ2) is 7.21. The predicted molar refractivity (Wildman–Crippen MR) is 88.2 cm³/mol. The SMILES string of the molecule is O=C(CC1C=CCC1)N1CCN(S(=O)(=O)c2ccc(F)c(F)c2)CC1. The number of halogens is 2. The van der Waals surface area contributed by atoms with Gasteiger partial charge in [-0.3, -0.25) is 4.79 Å². The molecule has 1 aliphatic heterocycles. The van der Waals surface area contributed by atoms with Crippen molar-refractivity contribution in [3.8, 4) is 0 Å². The van der Waals surface area contributed by atoms with Crippen molar-refractivity contribution in [1.29, 1.82) is 0 Å². The van der Waals surface area contributed by atoms with Gasteiger partial charge in [-0.05, 0) is 37.0 Å². The van der Waals surface area contributed by atoms with Crippen LogP contribution in [0.25, 0.3) is 0 Å². The van der Waals surface area contributed by atoms with Crippen molar-refractivity contribution < 1.29 is 22.0 Å². The Morgan fingerprint density at radius 1 is 1.12 bits per heavy atom. The molecular formula is C17H20F2N2O3S. The van der Waals surface area contributed by atoms with Gasteiger partial charge < -0.3 is 4.90 Å². The molecule has 3 rings (SSSR count). The normalized spacial score (nSPS) is 21.7.